The lowest BCUT2D eigenvalue weighted by Crippen LogP contribution is -2.20. The summed E-state index contributed by atoms with van der Waals surface area (Å²) in [6.07, 6.45) is 7.66. The molecule has 3 heteroatoms. The number of hydrogen-bond donors (Lipinski definition) is 2. The first kappa shape index (κ1) is 11.2. The molecule has 1 aromatic heterocycles. The summed E-state index contributed by atoms with van der Waals surface area (Å²) >= 11 is 0. The number of rotatable bonds is 4. The maximum Gasteiger partial charge on any atom is 0.120 e. The predicted molar refractivity (Wildman–Crippen MR) is 74.8 cm³/mol. The van der Waals surface area contributed by atoms with E-state index in [1.807, 2.05) is 12.4 Å². The first-order valence-corrected chi connectivity index (χ1v) is 7.16. The van der Waals surface area contributed by atoms with Crippen LogP contribution in [0, 0.1) is 5.92 Å². The van der Waals surface area contributed by atoms with E-state index in [2.05, 4.69) is 39.6 Å². The van der Waals surface area contributed by atoms with Gasteiger partial charge < -0.3 is 10.3 Å². The van der Waals surface area contributed by atoms with Crippen molar-refractivity contribution < 1.29 is 0 Å². The number of nitrogens with zero attached hydrogens (tertiary/aromatic N) is 1. The molecule has 19 heavy (non-hydrogen) atoms. The highest BCUT2D eigenvalue weighted by atomic mass is 15.0. The van der Waals surface area contributed by atoms with Gasteiger partial charge in [0.15, 0.2) is 0 Å². The Hall–Kier alpha value is -1.61. The number of aryl methyl sites for hydroxylation is 1. The molecule has 1 heterocycles. The van der Waals surface area contributed by atoms with Gasteiger partial charge in [0.05, 0.1) is 6.54 Å². The Labute approximate surface area is 113 Å². The van der Waals surface area contributed by atoms with Gasteiger partial charge in [-0.2, -0.15) is 0 Å². The molecule has 0 radical (unpaired) electrons. The quantitative estimate of drug-likeness (QED) is 0.878. The van der Waals surface area contributed by atoms with E-state index in [9.17, 15) is 0 Å². The van der Waals surface area contributed by atoms with Crippen molar-refractivity contribution in [3.8, 4) is 0 Å². The minimum Gasteiger partial charge on any atom is -0.348 e. The van der Waals surface area contributed by atoms with Crippen molar-refractivity contribution in [2.45, 2.75) is 31.2 Å². The molecule has 1 spiro atoms. The molecule has 2 unspecified atom stereocenters. The lowest BCUT2D eigenvalue weighted by atomic mass is 9.95. The van der Waals surface area contributed by atoms with Crippen LogP contribution in [0.25, 0.3) is 0 Å². The fraction of sp³-hybridized carbons (Fsp3) is 0.438. The first-order valence-electron chi connectivity index (χ1n) is 7.16. The van der Waals surface area contributed by atoms with E-state index in [4.69, 9.17) is 0 Å². The van der Waals surface area contributed by atoms with Gasteiger partial charge in [0.25, 0.3) is 0 Å². The van der Waals surface area contributed by atoms with Crippen molar-refractivity contribution in [3.63, 3.8) is 0 Å². The average Bonchev–Trinajstić information content (AvgIpc) is 2.79. The molecule has 0 bridgehead atoms. The van der Waals surface area contributed by atoms with Crippen LogP contribution in [0.1, 0.15) is 29.8 Å². The normalized spacial score (nSPS) is 27.7. The number of aromatic nitrogens is 2. The van der Waals surface area contributed by atoms with Crippen LogP contribution in [-0.4, -0.2) is 16.5 Å². The topological polar surface area (TPSA) is 40.7 Å². The summed E-state index contributed by atoms with van der Waals surface area (Å²) in [6, 6.07) is 9.01. The lowest BCUT2D eigenvalue weighted by Gasteiger charge is -2.11. The third-order valence-electron chi connectivity index (χ3n) is 4.86. The molecule has 0 aliphatic heterocycles. The van der Waals surface area contributed by atoms with Crippen molar-refractivity contribution >= 4 is 0 Å². The second-order valence-corrected chi connectivity index (χ2v) is 5.88. The van der Waals surface area contributed by atoms with Crippen LogP contribution in [0.5, 0.6) is 0 Å². The Balaban J connectivity index is 1.39. The van der Waals surface area contributed by atoms with Gasteiger partial charge in [0.1, 0.15) is 5.82 Å². The molecule has 0 amide bonds. The summed E-state index contributed by atoms with van der Waals surface area (Å²) in [5.74, 6) is 1.84. The van der Waals surface area contributed by atoms with Crippen molar-refractivity contribution in [3.05, 3.63) is 53.6 Å². The van der Waals surface area contributed by atoms with E-state index in [0.717, 1.165) is 24.8 Å². The highest BCUT2D eigenvalue weighted by Gasteiger charge is 2.57. The fourth-order valence-electron chi connectivity index (χ4n) is 3.76. The predicted octanol–water partition coefficient (Wildman–Crippen LogP) is 2.40. The molecule has 2 atom stereocenters. The Kier molecular flexibility index (Phi) is 2.49. The highest BCUT2D eigenvalue weighted by Crippen LogP contribution is 2.61. The lowest BCUT2D eigenvalue weighted by molar-refractivity contribution is 0.542. The summed E-state index contributed by atoms with van der Waals surface area (Å²) in [4.78, 5) is 7.37. The molecule has 1 fully saturated rings. The number of hydrogen-bond acceptors (Lipinski definition) is 2. The van der Waals surface area contributed by atoms with Gasteiger partial charge in [0, 0.05) is 17.8 Å². The number of fused-ring (bicyclic) bond motifs is 2. The monoisotopic (exact) mass is 253 g/mol. The zero-order chi connectivity index (χ0) is 12.7. The van der Waals surface area contributed by atoms with Gasteiger partial charge in [-0.1, -0.05) is 24.3 Å². The first-order chi connectivity index (χ1) is 9.38. The number of nitrogens with one attached hydrogen (secondary N) is 2. The van der Waals surface area contributed by atoms with Crippen LogP contribution in [0.4, 0.5) is 0 Å². The standard InChI is InChI=1S/C16H19N3/c1-2-4-14-12(3-1)5-6-16(14)9-13(16)10-17-11-15-18-7-8-19-15/h1-4,7-8,13,17H,5-6,9-11H2,(H,18,19). The van der Waals surface area contributed by atoms with Gasteiger partial charge in [-0.3, -0.25) is 0 Å². The SMILES string of the molecule is c1ccc2c(c1)CCC21CC1CNCc1ncc[nH]1. The summed E-state index contributed by atoms with van der Waals surface area (Å²) in [7, 11) is 0. The maximum absolute atomic E-state index is 4.24. The molecule has 2 aliphatic rings. The van der Waals surface area contributed by atoms with Crippen molar-refractivity contribution in [1.82, 2.24) is 15.3 Å². The van der Waals surface area contributed by atoms with Crippen molar-refractivity contribution in [1.29, 1.82) is 0 Å². The second kappa shape index (κ2) is 4.20. The molecule has 98 valence electrons. The second-order valence-electron chi connectivity index (χ2n) is 5.88. The van der Waals surface area contributed by atoms with E-state index < -0.39 is 0 Å². The zero-order valence-electron chi connectivity index (χ0n) is 11.0. The Bertz CT molecular complexity index is 575. The summed E-state index contributed by atoms with van der Waals surface area (Å²) in [6.45, 7) is 1.95. The molecule has 2 aromatic rings. The molecule has 1 saturated carbocycles. The van der Waals surface area contributed by atoms with Crippen LogP contribution in [-0.2, 0) is 18.4 Å². The zero-order valence-corrected chi connectivity index (χ0v) is 11.0. The van der Waals surface area contributed by atoms with Gasteiger partial charge in [-0.25, -0.2) is 4.98 Å². The Morgan fingerprint density at radius 1 is 1.37 bits per heavy atom. The molecule has 2 aliphatic carbocycles. The van der Waals surface area contributed by atoms with E-state index in [1.165, 1.54) is 19.3 Å². The molecule has 1 aromatic carbocycles. The molecule has 0 saturated heterocycles. The van der Waals surface area contributed by atoms with Gasteiger partial charge in [0.2, 0.25) is 0 Å². The number of benzene rings is 1. The van der Waals surface area contributed by atoms with Crippen LogP contribution in [0.2, 0.25) is 0 Å². The molecule has 4 rings (SSSR count). The van der Waals surface area contributed by atoms with Crippen LogP contribution >= 0.6 is 0 Å². The van der Waals surface area contributed by atoms with Crippen LogP contribution < -0.4 is 5.32 Å². The third-order valence-corrected chi connectivity index (χ3v) is 4.86. The number of imidazole rings is 1. The third kappa shape index (κ3) is 1.80. The van der Waals surface area contributed by atoms with Crippen molar-refractivity contribution in [2.75, 3.05) is 6.54 Å². The van der Waals surface area contributed by atoms with Crippen LogP contribution in [0.3, 0.4) is 0 Å². The molecule has 2 N–H and O–H groups in total. The van der Waals surface area contributed by atoms with E-state index in [1.54, 1.807) is 11.1 Å². The summed E-state index contributed by atoms with van der Waals surface area (Å²) in [5.41, 5.74) is 3.71. The highest BCUT2D eigenvalue weighted by molar-refractivity contribution is 5.45. The van der Waals surface area contributed by atoms with Gasteiger partial charge >= 0.3 is 0 Å². The minimum absolute atomic E-state index is 0.507. The average molecular weight is 253 g/mol. The smallest absolute Gasteiger partial charge is 0.120 e. The molecular formula is C16H19N3. The summed E-state index contributed by atoms with van der Waals surface area (Å²) < 4.78 is 0. The largest absolute Gasteiger partial charge is 0.348 e. The van der Waals surface area contributed by atoms with Crippen molar-refractivity contribution in [2.24, 2.45) is 5.92 Å². The maximum atomic E-state index is 4.24. The number of H-pyrrole nitrogens is 1. The van der Waals surface area contributed by atoms with E-state index >= 15 is 0 Å². The molecular weight excluding hydrogens is 234 g/mol. The fourth-order valence-corrected chi connectivity index (χ4v) is 3.76. The molecule has 3 nitrogen and oxygen atoms in total. The Morgan fingerprint density at radius 2 is 2.32 bits per heavy atom. The van der Waals surface area contributed by atoms with Crippen LogP contribution in [0.15, 0.2) is 36.7 Å². The van der Waals surface area contributed by atoms with Gasteiger partial charge in [-0.05, 0) is 42.9 Å². The van der Waals surface area contributed by atoms with E-state index in [-0.39, 0.29) is 0 Å². The minimum atomic E-state index is 0.507. The Morgan fingerprint density at radius 3 is 3.21 bits per heavy atom. The summed E-state index contributed by atoms with van der Waals surface area (Å²) in [5, 5.41) is 3.54. The van der Waals surface area contributed by atoms with E-state index in [0.29, 0.717) is 5.41 Å². The number of aromatic amines is 1. The van der Waals surface area contributed by atoms with Gasteiger partial charge in [-0.15, -0.1) is 0 Å².